The number of nitro groups is 1. The molecule has 0 aliphatic carbocycles. The van der Waals surface area contributed by atoms with Gasteiger partial charge in [0.1, 0.15) is 12.5 Å². The zero-order valence-corrected chi connectivity index (χ0v) is 9.56. The topological polar surface area (TPSA) is 120 Å². The Hall–Kier alpha value is -2.64. The molecular formula is C10H5ClN4O3. The van der Waals surface area contributed by atoms with E-state index in [0.29, 0.717) is 0 Å². The van der Waals surface area contributed by atoms with Crippen molar-refractivity contribution in [3.63, 3.8) is 0 Å². The number of nitro benzene ring substituents is 1. The molecule has 1 N–H and O–H groups in total. The van der Waals surface area contributed by atoms with Crippen LogP contribution in [0.2, 0.25) is 5.02 Å². The highest BCUT2D eigenvalue weighted by Crippen LogP contribution is 2.30. The van der Waals surface area contributed by atoms with Gasteiger partial charge in [-0.1, -0.05) is 11.6 Å². The van der Waals surface area contributed by atoms with Crippen molar-refractivity contribution in [2.75, 3.05) is 5.32 Å². The molecule has 1 rings (SSSR count). The molecule has 0 aliphatic heterocycles. The zero-order valence-electron chi connectivity index (χ0n) is 8.81. The number of carbonyl (C=O) groups is 1. The Morgan fingerprint density at radius 2 is 2.17 bits per heavy atom. The Morgan fingerprint density at radius 3 is 2.67 bits per heavy atom. The lowest BCUT2D eigenvalue weighted by molar-refractivity contribution is -0.384. The Morgan fingerprint density at radius 1 is 1.50 bits per heavy atom. The van der Waals surface area contributed by atoms with Crippen LogP contribution in [0.5, 0.6) is 0 Å². The summed E-state index contributed by atoms with van der Waals surface area (Å²) >= 11 is 5.75. The molecule has 0 fully saturated rings. The van der Waals surface area contributed by atoms with Crippen LogP contribution in [0.3, 0.4) is 0 Å². The minimum atomic E-state index is -0.701. The smallest absolute Gasteiger partial charge is 0.272 e. The highest BCUT2D eigenvalue weighted by atomic mass is 35.5. The van der Waals surface area contributed by atoms with Gasteiger partial charge in [-0.15, -0.1) is 0 Å². The molecule has 0 spiro atoms. The van der Waals surface area contributed by atoms with Gasteiger partial charge in [-0.25, -0.2) is 0 Å². The standard InChI is InChI=1S/C10H5ClN4O3/c11-8-4-7(15(17)18)3-6(5-13)10(8)14-9(16)1-2-12/h3-4H,1H2,(H,14,16). The largest absolute Gasteiger partial charge is 0.323 e. The van der Waals surface area contributed by atoms with E-state index in [1.807, 2.05) is 0 Å². The van der Waals surface area contributed by atoms with E-state index < -0.39 is 17.3 Å². The van der Waals surface area contributed by atoms with Gasteiger partial charge in [-0.2, -0.15) is 10.5 Å². The van der Waals surface area contributed by atoms with Crippen molar-refractivity contribution in [3.05, 3.63) is 32.8 Å². The number of hydrogen-bond donors (Lipinski definition) is 1. The summed E-state index contributed by atoms with van der Waals surface area (Å²) in [7, 11) is 0. The van der Waals surface area contributed by atoms with E-state index in [1.165, 1.54) is 0 Å². The summed E-state index contributed by atoms with van der Waals surface area (Å²) in [5.74, 6) is -0.648. The summed E-state index contributed by atoms with van der Waals surface area (Å²) in [6.45, 7) is 0. The van der Waals surface area contributed by atoms with Crippen molar-refractivity contribution in [2.24, 2.45) is 0 Å². The van der Waals surface area contributed by atoms with Gasteiger partial charge >= 0.3 is 0 Å². The molecule has 0 heterocycles. The first-order valence-corrected chi connectivity index (χ1v) is 4.92. The number of nitriles is 2. The molecule has 1 aromatic carbocycles. The van der Waals surface area contributed by atoms with Crippen molar-refractivity contribution in [2.45, 2.75) is 6.42 Å². The molecule has 0 aliphatic rings. The molecule has 0 saturated heterocycles. The maximum atomic E-state index is 11.2. The first kappa shape index (κ1) is 13.4. The summed E-state index contributed by atoms with van der Waals surface area (Å²) in [6.07, 6.45) is -0.405. The average Bonchev–Trinajstić information content (AvgIpc) is 2.31. The molecule has 0 aromatic heterocycles. The number of benzene rings is 1. The normalized spacial score (nSPS) is 9.06. The number of hydrogen-bond acceptors (Lipinski definition) is 5. The molecule has 7 nitrogen and oxygen atoms in total. The van der Waals surface area contributed by atoms with Crippen LogP contribution in [0.4, 0.5) is 11.4 Å². The first-order chi connectivity index (χ1) is 8.49. The molecular weight excluding hydrogens is 260 g/mol. The van der Waals surface area contributed by atoms with Crippen LogP contribution in [0.1, 0.15) is 12.0 Å². The molecule has 0 unspecified atom stereocenters. The molecule has 0 bridgehead atoms. The minimum absolute atomic E-state index is 0.0370. The second-order valence-electron chi connectivity index (χ2n) is 3.10. The Bertz CT molecular complexity index is 600. The lowest BCUT2D eigenvalue weighted by Crippen LogP contribution is -2.12. The third-order valence-corrected chi connectivity index (χ3v) is 2.21. The van der Waals surface area contributed by atoms with E-state index in [0.717, 1.165) is 12.1 Å². The van der Waals surface area contributed by atoms with E-state index in [4.69, 9.17) is 22.1 Å². The molecule has 0 atom stereocenters. The van der Waals surface area contributed by atoms with Gasteiger partial charge < -0.3 is 5.32 Å². The fraction of sp³-hybridized carbons (Fsp3) is 0.100. The lowest BCUT2D eigenvalue weighted by atomic mass is 10.1. The van der Waals surface area contributed by atoms with Gasteiger partial charge in [-0.3, -0.25) is 14.9 Å². The molecule has 1 aromatic rings. The predicted octanol–water partition coefficient (Wildman–Crippen LogP) is 1.97. The van der Waals surface area contributed by atoms with Gasteiger partial charge in [0.15, 0.2) is 0 Å². The summed E-state index contributed by atoms with van der Waals surface area (Å²) in [6, 6.07) is 5.33. The van der Waals surface area contributed by atoms with Gasteiger partial charge in [0.05, 0.1) is 27.3 Å². The number of rotatable bonds is 3. The van der Waals surface area contributed by atoms with Gasteiger partial charge in [0, 0.05) is 12.1 Å². The monoisotopic (exact) mass is 264 g/mol. The third-order valence-electron chi connectivity index (χ3n) is 1.91. The Balaban J connectivity index is 3.21. The SMILES string of the molecule is N#CCC(=O)Nc1c(Cl)cc([N+](=O)[O-])cc1C#N. The summed E-state index contributed by atoms with van der Waals surface area (Å²) in [4.78, 5) is 21.1. The maximum Gasteiger partial charge on any atom is 0.272 e. The van der Waals surface area contributed by atoms with Gasteiger partial charge in [0.25, 0.3) is 5.69 Å². The highest BCUT2D eigenvalue weighted by molar-refractivity contribution is 6.34. The number of amides is 1. The van der Waals surface area contributed by atoms with E-state index in [2.05, 4.69) is 5.32 Å². The number of nitrogens with zero attached hydrogens (tertiary/aromatic N) is 3. The Kier molecular flexibility index (Phi) is 4.19. The van der Waals surface area contributed by atoms with Crippen LogP contribution in [0.15, 0.2) is 12.1 Å². The molecule has 1 amide bonds. The summed E-state index contributed by atoms with van der Waals surface area (Å²) in [5.41, 5.74) is -0.527. The zero-order chi connectivity index (χ0) is 13.7. The molecule has 0 radical (unpaired) electrons. The molecule has 0 saturated carbocycles. The third kappa shape index (κ3) is 2.94. The first-order valence-electron chi connectivity index (χ1n) is 4.54. The predicted molar refractivity (Wildman–Crippen MR) is 61.7 cm³/mol. The van der Waals surface area contributed by atoms with Gasteiger partial charge in [-0.05, 0) is 0 Å². The second kappa shape index (κ2) is 5.62. The van der Waals surface area contributed by atoms with Crippen molar-refractivity contribution < 1.29 is 9.72 Å². The summed E-state index contributed by atoms with van der Waals surface area (Å²) < 4.78 is 0. The van der Waals surface area contributed by atoms with Crippen LogP contribution in [-0.4, -0.2) is 10.8 Å². The fourth-order valence-electron chi connectivity index (χ4n) is 1.17. The minimum Gasteiger partial charge on any atom is -0.323 e. The number of nitrogens with one attached hydrogen (secondary N) is 1. The van der Waals surface area contributed by atoms with Crippen LogP contribution in [0, 0.1) is 32.8 Å². The van der Waals surface area contributed by atoms with Gasteiger partial charge in [0.2, 0.25) is 5.91 Å². The van der Waals surface area contributed by atoms with Crippen molar-refractivity contribution in [1.29, 1.82) is 10.5 Å². The van der Waals surface area contributed by atoms with E-state index in [1.54, 1.807) is 12.1 Å². The average molecular weight is 265 g/mol. The number of halogens is 1. The lowest BCUT2D eigenvalue weighted by Gasteiger charge is -2.07. The number of anilines is 1. The number of non-ortho nitro benzene ring substituents is 1. The van der Waals surface area contributed by atoms with Crippen LogP contribution in [-0.2, 0) is 4.79 Å². The summed E-state index contributed by atoms with van der Waals surface area (Å²) in [5, 5.41) is 29.9. The maximum absolute atomic E-state index is 11.2. The van der Waals surface area contributed by atoms with Crippen molar-refractivity contribution >= 4 is 28.9 Å². The molecule has 90 valence electrons. The fourth-order valence-corrected chi connectivity index (χ4v) is 1.43. The Labute approximate surface area is 106 Å². The quantitative estimate of drug-likeness (QED) is 0.661. The molecule has 8 heteroatoms. The van der Waals surface area contributed by atoms with Crippen LogP contribution in [0.25, 0.3) is 0 Å². The van der Waals surface area contributed by atoms with E-state index >= 15 is 0 Å². The van der Waals surface area contributed by atoms with Crippen LogP contribution >= 0.6 is 11.6 Å². The number of carbonyl (C=O) groups excluding carboxylic acids is 1. The van der Waals surface area contributed by atoms with E-state index in [-0.39, 0.29) is 22.0 Å². The van der Waals surface area contributed by atoms with Crippen molar-refractivity contribution in [3.8, 4) is 12.1 Å². The van der Waals surface area contributed by atoms with Crippen LogP contribution < -0.4 is 5.32 Å². The molecule has 18 heavy (non-hydrogen) atoms. The van der Waals surface area contributed by atoms with E-state index in [9.17, 15) is 14.9 Å². The second-order valence-corrected chi connectivity index (χ2v) is 3.51. The highest BCUT2D eigenvalue weighted by Gasteiger charge is 2.17. The van der Waals surface area contributed by atoms with Crippen molar-refractivity contribution in [1.82, 2.24) is 0 Å².